The Morgan fingerprint density at radius 3 is 0.692 bits per heavy atom. The predicted octanol–water partition coefficient (Wildman–Crippen LogP) is 22.7. The van der Waals surface area contributed by atoms with Crippen LogP contribution in [0.5, 0.6) is 0 Å². The fourth-order valence-corrected chi connectivity index (χ4v) is 16.1. The molecule has 0 saturated carbocycles. The highest BCUT2D eigenvalue weighted by molar-refractivity contribution is 5.81. The molecule has 0 spiro atoms. The lowest BCUT2D eigenvalue weighted by Crippen LogP contribution is -2.51. The van der Waals surface area contributed by atoms with Crippen LogP contribution >= 0.6 is 0 Å². The van der Waals surface area contributed by atoms with Crippen molar-refractivity contribution in [2.24, 2.45) is 0 Å². The average Bonchev–Trinajstić information content (AvgIpc) is 1.53. The fourth-order valence-electron chi connectivity index (χ4n) is 16.1. The van der Waals surface area contributed by atoms with Crippen molar-refractivity contribution in [1.82, 2.24) is 19.6 Å². The van der Waals surface area contributed by atoms with E-state index in [0.29, 0.717) is 83.8 Å². The first-order valence-electron chi connectivity index (χ1n) is 38.2. The molecule has 3 aliphatic heterocycles. The first-order chi connectivity index (χ1) is 48.3. The Morgan fingerprint density at radius 2 is 0.481 bits per heavy atom. The molecule has 0 amide bonds. The molecule has 0 N–H and O–H groups in total. The molecule has 104 heavy (non-hydrogen) atoms. The minimum atomic E-state index is -0.513. The molecule has 0 bridgehead atoms. The molecule has 552 valence electrons. The van der Waals surface area contributed by atoms with Crippen LogP contribution in [0.2, 0.25) is 0 Å². The Kier molecular flexibility index (Phi) is 21.1. The minimum absolute atomic E-state index is 0.165. The van der Waals surface area contributed by atoms with Gasteiger partial charge < -0.3 is 0 Å². The maximum Gasteiger partial charge on any atom is 0.352 e. The third kappa shape index (κ3) is 15.9. The first-order valence-corrected chi connectivity index (χ1v) is 38.2. The van der Waals surface area contributed by atoms with Gasteiger partial charge in [-0.15, -0.1) is 0 Å². The Hall–Kier alpha value is -7.98. The Balaban J connectivity index is 1.22. The Labute approximate surface area is 623 Å². The highest BCUT2D eigenvalue weighted by Crippen LogP contribution is 2.51. The van der Waals surface area contributed by atoms with E-state index in [-0.39, 0.29) is 71.4 Å². The zero-order valence-electron chi connectivity index (χ0n) is 67.3. The lowest BCUT2D eigenvalue weighted by Gasteiger charge is -2.31. The zero-order chi connectivity index (χ0) is 75.9. The van der Waals surface area contributed by atoms with Crippen molar-refractivity contribution >= 4 is 11.9 Å². The highest BCUT2D eigenvalue weighted by Gasteiger charge is 2.57. The van der Waals surface area contributed by atoms with Crippen LogP contribution in [0.3, 0.4) is 0 Å². The summed E-state index contributed by atoms with van der Waals surface area (Å²) in [7, 11) is 0. The number of hydrogen-bond donors (Lipinski definition) is 0. The van der Waals surface area contributed by atoms with Gasteiger partial charge in [0.25, 0.3) is 0 Å². The molecule has 6 nitrogen and oxygen atoms in total. The Bertz CT molecular complexity index is 4110. The summed E-state index contributed by atoms with van der Waals surface area (Å²) in [6.07, 6.45) is 0. The summed E-state index contributed by atoms with van der Waals surface area (Å²) in [5, 5.41) is 0. The van der Waals surface area contributed by atoms with Crippen LogP contribution in [0.25, 0.3) is 0 Å². The van der Waals surface area contributed by atoms with Crippen LogP contribution < -0.4 is 0 Å². The van der Waals surface area contributed by atoms with Gasteiger partial charge in [0.15, 0.2) is 0 Å². The largest absolute Gasteiger partial charge is 0.352 e. The van der Waals surface area contributed by atoms with Crippen molar-refractivity contribution in [3.8, 4) is 0 Å². The highest BCUT2D eigenvalue weighted by atomic mass is 19.1. The molecule has 4 atom stereocenters. The van der Waals surface area contributed by atoms with Gasteiger partial charge in [0.1, 0.15) is 47.4 Å². The average molecular weight is 1410 g/mol. The molecule has 8 aromatic carbocycles. The second-order valence-electron chi connectivity index (χ2n) is 38.5. The van der Waals surface area contributed by atoms with Crippen LogP contribution in [0, 0.1) is 23.3 Å². The van der Waals surface area contributed by atoms with E-state index >= 15 is 17.6 Å². The van der Waals surface area contributed by atoms with E-state index in [1.807, 2.05) is 0 Å². The summed E-state index contributed by atoms with van der Waals surface area (Å²) in [5.74, 6) is 1.24. The van der Waals surface area contributed by atoms with Gasteiger partial charge >= 0.3 is 11.9 Å². The normalized spacial score (nSPS) is 18.4. The first kappa shape index (κ1) is 77.1. The number of nitrogens with zero attached hydrogens (tertiary/aromatic N) is 6. The van der Waals surface area contributed by atoms with Gasteiger partial charge in [-0.3, -0.25) is 9.15 Å². The third-order valence-electron chi connectivity index (χ3n) is 21.9. The summed E-state index contributed by atoms with van der Waals surface area (Å²) in [5.41, 5.74) is 10.3. The van der Waals surface area contributed by atoms with Crippen LogP contribution in [0.4, 0.5) is 17.6 Å². The van der Waals surface area contributed by atoms with Crippen molar-refractivity contribution in [2.75, 3.05) is 26.2 Å². The molecule has 0 aromatic heterocycles. The molecule has 8 aromatic rings. The van der Waals surface area contributed by atoms with E-state index in [9.17, 15) is 0 Å². The number of halogens is 4. The van der Waals surface area contributed by atoms with E-state index in [0.717, 1.165) is 56.4 Å². The standard InChI is InChI=1S/C94H120F4N6/c1-87(2,3)69-53-67(77(95)75(55-69)93(19,20)21)59-103-83(65-41-33-27-34-42-65)81(63-37-29-25-30-38-63)101(57-61-49-71(89(7,8)9)79(97)72(50-61)90(10,11)12)85(103)99-45-47-100(48-46-99)86-102(58-62-51-73(91(13,14)15)80(98)74(52-62)92(16,17)18)82(64-39-31-26-32-40-64)84(66-43-35-28-36-44-66)104(86)60-68-54-70(88(4,5)6)56-76(78(68)96)94(22,23)24/h25-44,49-56,81-84H,45-48,57-60H2,1-24H3/q+2/t81-,82-,83-,84-/m0/s1. The lowest BCUT2D eigenvalue weighted by molar-refractivity contribution is -0.671. The molecule has 3 heterocycles. The second-order valence-corrected chi connectivity index (χ2v) is 38.5. The van der Waals surface area contributed by atoms with Gasteiger partial charge in [-0.05, 0) is 158 Å². The maximum atomic E-state index is 18.4. The van der Waals surface area contributed by atoms with Crippen molar-refractivity contribution < 1.29 is 26.7 Å². The van der Waals surface area contributed by atoms with E-state index in [2.05, 4.69) is 365 Å². The van der Waals surface area contributed by atoms with Gasteiger partial charge in [-0.25, -0.2) is 37.2 Å². The SMILES string of the molecule is CC(C)(C)c1cc(CN2C(=[N+]3CC[N+](=C4N(Cc5cc(C(C)(C)C)c(F)c(C(C)(C)C)c5)[C@@H](c5ccccc5)[C@H](c5ccccc5)N4Cc4cc(C(C)(C)C)cc(C(C)(C)C)c4F)CC3)N(Cc3cc(C(C)(C)C)c(F)c(C(C)(C)C)c3)[C@@H](c3ccccc3)[C@@H]2c2ccccc2)c(F)c(C(C)(C)C)c1. The van der Waals surface area contributed by atoms with E-state index < -0.39 is 32.5 Å². The third-order valence-corrected chi connectivity index (χ3v) is 21.9. The molecule has 0 aliphatic carbocycles. The molecule has 3 saturated heterocycles. The monoisotopic (exact) mass is 1410 g/mol. The topological polar surface area (TPSA) is 19.0 Å². The van der Waals surface area contributed by atoms with Crippen molar-refractivity contribution in [1.29, 1.82) is 0 Å². The quantitative estimate of drug-likeness (QED) is 0.0896. The number of piperazine rings is 1. The zero-order valence-corrected chi connectivity index (χ0v) is 67.3. The van der Waals surface area contributed by atoms with Crippen molar-refractivity contribution in [3.63, 3.8) is 0 Å². The van der Waals surface area contributed by atoms with Gasteiger partial charge in [0, 0.05) is 11.1 Å². The van der Waals surface area contributed by atoms with E-state index in [1.165, 1.54) is 0 Å². The number of hydrogen-bond acceptors (Lipinski definition) is 0. The van der Waals surface area contributed by atoms with Crippen molar-refractivity contribution in [3.05, 3.63) is 282 Å². The Morgan fingerprint density at radius 1 is 0.269 bits per heavy atom. The fraction of sp³-hybridized carbons (Fsp3) is 0.468. The summed E-state index contributed by atoms with van der Waals surface area (Å²) in [4.78, 5) is 10.2. The molecular formula is C94H120F4N6+2. The van der Waals surface area contributed by atoms with Gasteiger partial charge in [0.2, 0.25) is 0 Å². The smallest absolute Gasteiger partial charge is 0.258 e. The molecule has 10 heteroatoms. The molecule has 11 rings (SSSR count). The number of benzene rings is 8. The van der Waals surface area contributed by atoms with Gasteiger partial charge in [-0.1, -0.05) is 300 Å². The minimum Gasteiger partial charge on any atom is -0.258 e. The van der Waals surface area contributed by atoms with Crippen LogP contribution in [0.1, 0.15) is 279 Å². The maximum absolute atomic E-state index is 18.4. The van der Waals surface area contributed by atoms with Crippen LogP contribution in [0.15, 0.2) is 170 Å². The molecule has 0 radical (unpaired) electrons. The summed E-state index contributed by atoms with van der Waals surface area (Å²) < 4.78 is 76.8. The molecule has 3 aliphatic rings. The van der Waals surface area contributed by atoms with E-state index in [1.54, 1.807) is 0 Å². The van der Waals surface area contributed by atoms with Gasteiger partial charge in [0.05, 0.1) is 52.4 Å². The summed E-state index contributed by atoms with van der Waals surface area (Å²) in [6, 6.07) is 58.8. The van der Waals surface area contributed by atoms with Crippen LogP contribution in [-0.2, 0) is 69.5 Å². The van der Waals surface area contributed by atoms with Crippen LogP contribution in [-0.4, -0.2) is 66.8 Å². The molecule has 0 unspecified atom stereocenters. The second kappa shape index (κ2) is 28.4. The number of rotatable bonds is 12. The van der Waals surface area contributed by atoms with Gasteiger partial charge in [-0.2, -0.15) is 0 Å². The van der Waals surface area contributed by atoms with E-state index in [4.69, 9.17) is 0 Å². The predicted molar refractivity (Wildman–Crippen MR) is 424 cm³/mol. The summed E-state index contributed by atoms with van der Waals surface area (Å²) >= 11 is 0. The molecular weight excluding hydrogens is 1290 g/mol. The van der Waals surface area contributed by atoms with Crippen molar-refractivity contribution in [2.45, 2.75) is 260 Å². The summed E-state index contributed by atoms with van der Waals surface area (Å²) in [6.45, 7) is 54.7. The number of guanidine groups is 2. The molecule has 3 fully saturated rings. The lowest BCUT2D eigenvalue weighted by atomic mass is 9.78.